The highest BCUT2D eigenvalue weighted by Crippen LogP contribution is 2.35. The zero-order chi connectivity index (χ0) is 19.1. The van der Waals surface area contributed by atoms with Gasteiger partial charge in [0.25, 0.3) is 0 Å². The lowest BCUT2D eigenvalue weighted by Crippen LogP contribution is -2.01. The molecule has 0 fully saturated rings. The molecule has 1 N–H and O–H groups in total. The van der Waals surface area contributed by atoms with Crippen LogP contribution in [0.5, 0.6) is 0 Å². The highest BCUT2D eigenvalue weighted by molar-refractivity contribution is 9.10. The zero-order valence-electron chi connectivity index (χ0n) is 13.7. The molecule has 27 heavy (non-hydrogen) atoms. The van der Waals surface area contributed by atoms with Gasteiger partial charge in [-0.3, -0.25) is 4.40 Å². The van der Waals surface area contributed by atoms with Gasteiger partial charge in [0.2, 0.25) is 0 Å². The number of aromatic nitrogens is 2. The highest BCUT2D eigenvalue weighted by Gasteiger charge is 2.21. The van der Waals surface area contributed by atoms with Gasteiger partial charge in [0, 0.05) is 31.8 Å². The summed E-state index contributed by atoms with van der Waals surface area (Å²) < 4.78 is 2.42. The smallest absolute Gasteiger partial charge is 0.339 e. The minimum absolute atomic E-state index is 0.111. The molecule has 0 aliphatic heterocycles. The summed E-state index contributed by atoms with van der Waals surface area (Å²) in [6.45, 7) is 0. The fourth-order valence-corrected chi connectivity index (χ4v) is 3.65. The van der Waals surface area contributed by atoms with Crippen molar-refractivity contribution >= 4 is 50.7 Å². The van der Waals surface area contributed by atoms with Crippen molar-refractivity contribution in [2.75, 3.05) is 0 Å². The van der Waals surface area contributed by atoms with Gasteiger partial charge in [-0.15, -0.1) is 0 Å². The van der Waals surface area contributed by atoms with E-state index in [1.807, 2.05) is 24.3 Å². The van der Waals surface area contributed by atoms with E-state index in [1.54, 1.807) is 40.9 Å². The molecule has 4 nitrogen and oxygen atoms in total. The van der Waals surface area contributed by atoms with Crippen LogP contribution in [-0.2, 0) is 0 Å². The van der Waals surface area contributed by atoms with E-state index in [1.165, 1.54) is 0 Å². The van der Waals surface area contributed by atoms with Crippen molar-refractivity contribution in [3.05, 3.63) is 80.9 Å². The van der Waals surface area contributed by atoms with Gasteiger partial charge in [-0.05, 0) is 46.3 Å². The molecule has 0 aliphatic rings. The minimum Gasteiger partial charge on any atom is -0.478 e. The second kappa shape index (κ2) is 7.00. The Labute approximate surface area is 173 Å². The summed E-state index contributed by atoms with van der Waals surface area (Å²) >= 11 is 15.4. The van der Waals surface area contributed by atoms with E-state index in [9.17, 15) is 9.90 Å². The van der Waals surface area contributed by atoms with Gasteiger partial charge in [-0.25, -0.2) is 9.78 Å². The number of carboxylic acids is 1. The van der Waals surface area contributed by atoms with Crippen LogP contribution >= 0.6 is 39.1 Å². The Hall–Kier alpha value is -2.34. The van der Waals surface area contributed by atoms with Crippen molar-refractivity contribution in [2.45, 2.75) is 0 Å². The van der Waals surface area contributed by atoms with Crippen molar-refractivity contribution in [2.24, 2.45) is 0 Å². The third-order valence-electron chi connectivity index (χ3n) is 4.15. The Morgan fingerprint density at radius 1 is 0.963 bits per heavy atom. The predicted molar refractivity (Wildman–Crippen MR) is 111 cm³/mol. The van der Waals surface area contributed by atoms with Crippen LogP contribution in [0.15, 0.2) is 65.3 Å². The summed E-state index contributed by atoms with van der Waals surface area (Å²) in [7, 11) is 0. The average molecular weight is 462 g/mol. The summed E-state index contributed by atoms with van der Waals surface area (Å²) in [5.74, 6) is -1.04. The average Bonchev–Trinajstić information content (AvgIpc) is 3.01. The Bertz CT molecular complexity index is 1170. The molecule has 0 atom stereocenters. The van der Waals surface area contributed by atoms with Crippen LogP contribution in [0, 0.1) is 0 Å². The Morgan fingerprint density at radius 2 is 1.52 bits per heavy atom. The molecule has 0 amide bonds. The van der Waals surface area contributed by atoms with E-state index >= 15 is 0 Å². The van der Waals surface area contributed by atoms with E-state index < -0.39 is 5.97 Å². The Morgan fingerprint density at radius 3 is 2.07 bits per heavy atom. The second-order valence-electron chi connectivity index (χ2n) is 5.89. The quantitative estimate of drug-likeness (QED) is 0.382. The van der Waals surface area contributed by atoms with E-state index in [2.05, 4.69) is 20.9 Å². The van der Waals surface area contributed by atoms with Gasteiger partial charge in [-0.1, -0.05) is 47.5 Å². The molecule has 0 saturated heterocycles. The van der Waals surface area contributed by atoms with Crippen LogP contribution in [-0.4, -0.2) is 20.5 Å². The van der Waals surface area contributed by atoms with Gasteiger partial charge < -0.3 is 5.11 Å². The topological polar surface area (TPSA) is 54.6 Å². The molecule has 0 unspecified atom stereocenters. The molecule has 0 bridgehead atoms. The van der Waals surface area contributed by atoms with Gasteiger partial charge >= 0.3 is 5.97 Å². The number of nitrogens with zero attached hydrogens (tertiary/aromatic N) is 2. The maximum absolute atomic E-state index is 11.7. The minimum atomic E-state index is -1.04. The summed E-state index contributed by atoms with van der Waals surface area (Å²) in [6.07, 6.45) is 1.80. The van der Waals surface area contributed by atoms with Crippen LogP contribution in [0.4, 0.5) is 0 Å². The number of hydrogen-bond acceptors (Lipinski definition) is 2. The summed E-state index contributed by atoms with van der Waals surface area (Å²) in [5, 5.41) is 10.8. The largest absolute Gasteiger partial charge is 0.478 e. The molecule has 7 heteroatoms. The van der Waals surface area contributed by atoms with Crippen LogP contribution in [0.1, 0.15) is 10.4 Å². The number of rotatable bonds is 3. The number of fused-ring (bicyclic) bond motifs is 1. The van der Waals surface area contributed by atoms with E-state index in [0.29, 0.717) is 25.9 Å². The molecule has 0 spiro atoms. The summed E-state index contributed by atoms with van der Waals surface area (Å²) in [5.41, 5.74) is 3.61. The van der Waals surface area contributed by atoms with Crippen molar-refractivity contribution in [1.82, 2.24) is 9.38 Å². The fourth-order valence-electron chi connectivity index (χ4n) is 2.96. The number of pyridine rings is 1. The first kappa shape index (κ1) is 18.0. The fraction of sp³-hybridized carbons (Fsp3) is 0. The first-order valence-electron chi connectivity index (χ1n) is 7.91. The number of benzene rings is 2. The molecule has 4 aromatic rings. The van der Waals surface area contributed by atoms with Gasteiger partial charge in [-0.2, -0.15) is 0 Å². The van der Waals surface area contributed by atoms with Crippen LogP contribution in [0.3, 0.4) is 0 Å². The normalized spacial score (nSPS) is 11.1. The third kappa shape index (κ3) is 3.34. The van der Waals surface area contributed by atoms with Crippen molar-refractivity contribution in [1.29, 1.82) is 0 Å². The highest BCUT2D eigenvalue weighted by atomic mass is 79.9. The number of hydrogen-bond donors (Lipinski definition) is 1. The number of imidazole rings is 1. The number of halogens is 3. The van der Waals surface area contributed by atoms with Gasteiger partial charge in [0.1, 0.15) is 5.56 Å². The summed E-state index contributed by atoms with van der Waals surface area (Å²) in [6, 6.07) is 16.2. The zero-order valence-corrected chi connectivity index (χ0v) is 16.8. The Kier molecular flexibility index (Phi) is 4.68. The molecule has 2 aromatic carbocycles. The lowest BCUT2D eigenvalue weighted by atomic mass is 10.0. The maximum Gasteiger partial charge on any atom is 0.339 e. The van der Waals surface area contributed by atoms with Gasteiger partial charge in [0.05, 0.1) is 11.4 Å². The van der Waals surface area contributed by atoms with Crippen LogP contribution < -0.4 is 0 Å². The lowest BCUT2D eigenvalue weighted by molar-refractivity contribution is 0.0698. The maximum atomic E-state index is 11.7. The molecular formula is C20H11BrCl2N2O2. The predicted octanol–water partition coefficient (Wildman–Crippen LogP) is 6.44. The molecule has 4 rings (SSSR count). The number of aromatic carboxylic acids is 1. The van der Waals surface area contributed by atoms with E-state index in [4.69, 9.17) is 23.2 Å². The van der Waals surface area contributed by atoms with Crippen molar-refractivity contribution in [3.63, 3.8) is 0 Å². The number of carboxylic acid groups (broad SMARTS) is 1. The van der Waals surface area contributed by atoms with Crippen molar-refractivity contribution < 1.29 is 9.90 Å². The molecular weight excluding hydrogens is 451 g/mol. The Balaban J connectivity index is 2.10. The monoisotopic (exact) mass is 460 g/mol. The van der Waals surface area contributed by atoms with Crippen LogP contribution in [0.25, 0.3) is 28.2 Å². The van der Waals surface area contributed by atoms with E-state index in [0.717, 1.165) is 16.8 Å². The standard InChI is InChI=1S/C20H11BrCl2N2O2/c21-13-9-16(20(26)27)19-24-17(11-1-5-14(22)6-2-11)18(25(19)10-13)12-3-7-15(23)8-4-12/h1-10H,(H,26,27). The molecule has 2 aromatic heterocycles. The number of carbonyl (C=O) groups is 1. The lowest BCUT2D eigenvalue weighted by Gasteiger charge is -2.07. The SMILES string of the molecule is O=C(O)c1cc(Br)cn2c(-c3ccc(Cl)cc3)c(-c3ccc(Cl)cc3)nc12. The van der Waals surface area contributed by atoms with Gasteiger partial charge in [0.15, 0.2) is 5.65 Å². The molecule has 0 aliphatic carbocycles. The second-order valence-corrected chi connectivity index (χ2v) is 7.68. The van der Waals surface area contributed by atoms with E-state index in [-0.39, 0.29) is 5.56 Å². The molecule has 0 saturated carbocycles. The first-order valence-corrected chi connectivity index (χ1v) is 9.45. The third-order valence-corrected chi connectivity index (χ3v) is 5.09. The molecule has 2 heterocycles. The van der Waals surface area contributed by atoms with Crippen LogP contribution in [0.2, 0.25) is 10.0 Å². The molecule has 134 valence electrons. The first-order chi connectivity index (χ1) is 12.9. The van der Waals surface area contributed by atoms with Crippen molar-refractivity contribution in [3.8, 4) is 22.5 Å². The molecule has 0 radical (unpaired) electrons. The summed E-state index contributed by atoms with van der Waals surface area (Å²) in [4.78, 5) is 16.4.